The molecule has 1 aromatic carbocycles. The van der Waals surface area contributed by atoms with Crippen LogP contribution in [0, 0.1) is 0 Å². The highest BCUT2D eigenvalue weighted by molar-refractivity contribution is 9.11. The summed E-state index contributed by atoms with van der Waals surface area (Å²) in [7, 11) is -3.61. The Morgan fingerprint density at radius 1 is 1.26 bits per heavy atom. The molecule has 4 nitrogen and oxygen atoms in total. The van der Waals surface area contributed by atoms with Gasteiger partial charge in [-0.3, -0.25) is 0 Å². The van der Waals surface area contributed by atoms with Gasteiger partial charge < -0.3 is 5.11 Å². The van der Waals surface area contributed by atoms with Gasteiger partial charge in [-0.05, 0) is 47.0 Å². The zero-order valence-electron chi connectivity index (χ0n) is 10.2. The zero-order chi connectivity index (χ0) is 14.1. The van der Waals surface area contributed by atoms with Crippen molar-refractivity contribution < 1.29 is 13.5 Å². The van der Waals surface area contributed by atoms with E-state index in [-0.39, 0.29) is 11.4 Å². The summed E-state index contributed by atoms with van der Waals surface area (Å²) in [6.45, 7) is 0.0673. The normalized spacial score (nSPS) is 18.7. The predicted octanol–water partition coefficient (Wildman–Crippen LogP) is 2.80. The first kappa shape index (κ1) is 15.4. The maximum atomic E-state index is 12.2. The average molecular weight is 413 g/mol. The minimum absolute atomic E-state index is 0.0673. The van der Waals surface area contributed by atoms with E-state index in [1.54, 1.807) is 12.1 Å². The molecule has 0 radical (unpaired) electrons. The Bertz CT molecular complexity index is 568. The van der Waals surface area contributed by atoms with Crippen LogP contribution in [-0.2, 0) is 10.0 Å². The Kier molecular flexibility index (Phi) is 4.72. The fourth-order valence-electron chi connectivity index (χ4n) is 2.21. The molecule has 0 heterocycles. The van der Waals surface area contributed by atoms with Crippen LogP contribution >= 0.6 is 31.9 Å². The molecule has 0 atom stereocenters. The molecule has 0 aromatic heterocycles. The predicted molar refractivity (Wildman–Crippen MR) is 80.4 cm³/mol. The van der Waals surface area contributed by atoms with E-state index in [2.05, 4.69) is 36.6 Å². The number of halogens is 2. The summed E-state index contributed by atoms with van der Waals surface area (Å²) < 4.78 is 28.2. The van der Waals surface area contributed by atoms with Gasteiger partial charge in [0.05, 0.1) is 10.5 Å². The highest BCUT2D eigenvalue weighted by atomic mass is 79.9. The first-order valence-electron chi connectivity index (χ1n) is 6.00. The molecule has 1 aliphatic carbocycles. The fraction of sp³-hybridized carbons (Fsp3) is 0.500. The summed E-state index contributed by atoms with van der Waals surface area (Å²) in [4.78, 5) is 0.178. The Morgan fingerprint density at radius 3 is 2.47 bits per heavy atom. The van der Waals surface area contributed by atoms with E-state index in [1.165, 1.54) is 6.07 Å². The van der Waals surface area contributed by atoms with Crippen LogP contribution in [0.3, 0.4) is 0 Å². The first-order valence-corrected chi connectivity index (χ1v) is 9.06. The summed E-state index contributed by atoms with van der Waals surface area (Å²) in [6, 6.07) is 4.87. The third kappa shape index (κ3) is 3.78. The van der Waals surface area contributed by atoms with Gasteiger partial charge in [-0.2, -0.15) is 0 Å². The van der Waals surface area contributed by atoms with Crippen LogP contribution in [0.15, 0.2) is 32.0 Å². The smallest absolute Gasteiger partial charge is 0.241 e. The van der Waals surface area contributed by atoms with E-state index >= 15 is 0 Å². The molecule has 7 heteroatoms. The lowest BCUT2D eigenvalue weighted by atomic mass is 10.0. The molecule has 1 fully saturated rings. The van der Waals surface area contributed by atoms with Crippen molar-refractivity contribution in [2.45, 2.75) is 36.2 Å². The number of nitrogens with one attached hydrogen (secondary N) is 1. The second kappa shape index (κ2) is 5.81. The van der Waals surface area contributed by atoms with Crippen molar-refractivity contribution in [3.8, 4) is 0 Å². The Morgan fingerprint density at radius 2 is 1.89 bits per heavy atom. The van der Waals surface area contributed by atoms with Gasteiger partial charge in [-0.25, -0.2) is 13.1 Å². The van der Waals surface area contributed by atoms with Crippen LogP contribution in [0.5, 0.6) is 0 Å². The topological polar surface area (TPSA) is 66.4 Å². The van der Waals surface area contributed by atoms with Crippen LogP contribution in [0.2, 0.25) is 0 Å². The number of hydrogen-bond donors (Lipinski definition) is 2. The van der Waals surface area contributed by atoms with E-state index in [1.807, 2.05) is 0 Å². The third-order valence-electron chi connectivity index (χ3n) is 3.31. The summed E-state index contributed by atoms with van der Waals surface area (Å²) in [5.41, 5.74) is -0.894. The SMILES string of the molecule is O=S(=O)(NCC1(O)CCCC1)c1ccc(Br)cc1Br. The van der Waals surface area contributed by atoms with Gasteiger partial charge in [0.1, 0.15) is 0 Å². The van der Waals surface area contributed by atoms with Gasteiger partial charge in [-0.1, -0.05) is 28.8 Å². The summed E-state index contributed by atoms with van der Waals surface area (Å²) >= 11 is 6.52. The van der Waals surface area contributed by atoms with E-state index in [0.29, 0.717) is 17.3 Å². The Balaban J connectivity index is 2.14. The highest BCUT2D eigenvalue weighted by Gasteiger charge is 2.32. The van der Waals surface area contributed by atoms with Crippen LogP contribution in [0.1, 0.15) is 25.7 Å². The lowest BCUT2D eigenvalue weighted by molar-refractivity contribution is 0.0532. The van der Waals surface area contributed by atoms with Crippen molar-refractivity contribution in [1.82, 2.24) is 4.72 Å². The molecule has 1 aromatic rings. The molecule has 1 saturated carbocycles. The molecular weight excluding hydrogens is 398 g/mol. The van der Waals surface area contributed by atoms with Crippen molar-refractivity contribution in [2.75, 3.05) is 6.54 Å². The summed E-state index contributed by atoms with van der Waals surface area (Å²) in [5.74, 6) is 0. The van der Waals surface area contributed by atoms with Crippen LogP contribution in [0.4, 0.5) is 0 Å². The number of sulfonamides is 1. The molecule has 0 amide bonds. The minimum Gasteiger partial charge on any atom is -0.389 e. The standard InChI is InChI=1S/C12H15Br2NO3S/c13-9-3-4-11(10(14)7-9)19(17,18)15-8-12(16)5-1-2-6-12/h3-4,7,15-16H,1-2,5-6,8H2. The first-order chi connectivity index (χ1) is 8.82. The monoisotopic (exact) mass is 411 g/mol. The Hall–Kier alpha value is 0.0500. The van der Waals surface area contributed by atoms with Crippen molar-refractivity contribution >= 4 is 41.9 Å². The van der Waals surface area contributed by atoms with Crippen LogP contribution in [-0.4, -0.2) is 25.7 Å². The number of aliphatic hydroxyl groups is 1. The van der Waals surface area contributed by atoms with Crippen LogP contribution in [0.25, 0.3) is 0 Å². The quantitative estimate of drug-likeness (QED) is 0.798. The number of hydrogen-bond acceptors (Lipinski definition) is 3. The largest absolute Gasteiger partial charge is 0.389 e. The number of benzene rings is 1. The maximum absolute atomic E-state index is 12.2. The van der Waals surface area contributed by atoms with Gasteiger partial charge in [0.25, 0.3) is 0 Å². The molecule has 19 heavy (non-hydrogen) atoms. The van der Waals surface area contributed by atoms with Crippen molar-refractivity contribution in [3.63, 3.8) is 0 Å². The van der Waals surface area contributed by atoms with Gasteiger partial charge in [0.2, 0.25) is 10.0 Å². The molecule has 2 rings (SSSR count). The van der Waals surface area contributed by atoms with Crippen molar-refractivity contribution in [1.29, 1.82) is 0 Å². The zero-order valence-corrected chi connectivity index (χ0v) is 14.2. The molecule has 1 aliphatic rings. The summed E-state index contributed by atoms with van der Waals surface area (Å²) in [5, 5.41) is 10.2. The van der Waals surface area contributed by atoms with Gasteiger partial charge in [-0.15, -0.1) is 0 Å². The molecular formula is C12H15Br2NO3S. The van der Waals surface area contributed by atoms with Crippen molar-refractivity contribution in [3.05, 3.63) is 27.1 Å². The number of rotatable bonds is 4. The molecule has 0 spiro atoms. The lowest BCUT2D eigenvalue weighted by Crippen LogP contribution is -2.40. The molecule has 2 N–H and O–H groups in total. The molecule has 0 saturated heterocycles. The highest BCUT2D eigenvalue weighted by Crippen LogP contribution is 2.30. The molecule has 0 unspecified atom stereocenters. The van der Waals surface area contributed by atoms with Gasteiger partial charge in [0, 0.05) is 15.5 Å². The fourth-order valence-corrected chi connectivity index (χ4v) is 5.07. The Labute approximate surface area is 129 Å². The maximum Gasteiger partial charge on any atom is 0.241 e. The van der Waals surface area contributed by atoms with E-state index in [9.17, 15) is 13.5 Å². The van der Waals surface area contributed by atoms with E-state index in [0.717, 1.165) is 17.3 Å². The van der Waals surface area contributed by atoms with Crippen molar-refractivity contribution in [2.24, 2.45) is 0 Å². The van der Waals surface area contributed by atoms with E-state index < -0.39 is 15.6 Å². The second-order valence-electron chi connectivity index (χ2n) is 4.83. The summed E-state index contributed by atoms with van der Waals surface area (Å²) in [6.07, 6.45) is 3.19. The molecule has 0 aliphatic heterocycles. The van der Waals surface area contributed by atoms with Gasteiger partial charge >= 0.3 is 0 Å². The van der Waals surface area contributed by atoms with Gasteiger partial charge in [0.15, 0.2) is 0 Å². The molecule has 106 valence electrons. The average Bonchev–Trinajstić information content (AvgIpc) is 2.74. The van der Waals surface area contributed by atoms with Crippen LogP contribution < -0.4 is 4.72 Å². The lowest BCUT2D eigenvalue weighted by Gasteiger charge is -2.22. The van der Waals surface area contributed by atoms with E-state index in [4.69, 9.17) is 0 Å². The minimum atomic E-state index is -3.61. The second-order valence-corrected chi connectivity index (χ2v) is 8.34. The molecule has 0 bridgehead atoms. The third-order valence-corrected chi connectivity index (χ3v) is 6.18.